The maximum absolute atomic E-state index is 12.4. The summed E-state index contributed by atoms with van der Waals surface area (Å²) in [4.78, 5) is 24.4. The van der Waals surface area contributed by atoms with E-state index in [4.69, 9.17) is 4.74 Å². The molecule has 0 spiro atoms. The van der Waals surface area contributed by atoms with Crippen molar-refractivity contribution < 1.29 is 24.5 Å². The van der Waals surface area contributed by atoms with Crippen molar-refractivity contribution in [2.75, 3.05) is 13.2 Å². The molecule has 0 aromatic rings. The summed E-state index contributed by atoms with van der Waals surface area (Å²) in [7, 11) is 0. The van der Waals surface area contributed by atoms with Crippen LogP contribution in [0.4, 0.5) is 0 Å². The van der Waals surface area contributed by atoms with E-state index >= 15 is 0 Å². The second kappa shape index (κ2) is 46.0. The highest BCUT2D eigenvalue weighted by molar-refractivity contribution is 5.76. The van der Waals surface area contributed by atoms with Gasteiger partial charge in [0.05, 0.1) is 25.4 Å². The molecule has 0 aromatic carbocycles. The lowest BCUT2D eigenvalue weighted by molar-refractivity contribution is -0.143. The van der Waals surface area contributed by atoms with Gasteiger partial charge in [-0.1, -0.05) is 192 Å². The third-order valence-electron chi connectivity index (χ3n) is 11.2. The second-order valence-electron chi connectivity index (χ2n) is 16.8. The van der Waals surface area contributed by atoms with Crippen LogP contribution < -0.4 is 5.32 Å². The Hall–Kier alpha value is -1.66. The first-order valence-electron chi connectivity index (χ1n) is 24.6. The molecule has 330 valence electrons. The number of amides is 1. The number of hydrogen-bond donors (Lipinski definition) is 3. The first-order chi connectivity index (χ1) is 27.5. The van der Waals surface area contributed by atoms with E-state index in [9.17, 15) is 19.8 Å². The molecule has 0 aromatic heterocycles. The van der Waals surface area contributed by atoms with Crippen LogP contribution in [0.1, 0.15) is 258 Å². The third-order valence-corrected chi connectivity index (χ3v) is 11.2. The zero-order valence-electron chi connectivity index (χ0n) is 37.4. The van der Waals surface area contributed by atoms with E-state index < -0.39 is 12.1 Å². The lowest BCUT2D eigenvalue weighted by Gasteiger charge is -2.22. The molecule has 0 heterocycles. The zero-order valence-corrected chi connectivity index (χ0v) is 37.4. The van der Waals surface area contributed by atoms with Gasteiger partial charge in [0.15, 0.2) is 0 Å². The monoisotopic (exact) mass is 790 g/mol. The van der Waals surface area contributed by atoms with Crippen molar-refractivity contribution >= 4 is 11.9 Å². The van der Waals surface area contributed by atoms with Gasteiger partial charge in [-0.3, -0.25) is 9.59 Å². The lowest BCUT2D eigenvalue weighted by atomic mass is 10.0. The molecular weight excluding hydrogens is 695 g/mol. The Kier molecular flexibility index (Phi) is 44.7. The fourth-order valence-corrected chi connectivity index (χ4v) is 7.39. The molecule has 1 amide bonds. The minimum Gasteiger partial charge on any atom is -0.466 e. The maximum atomic E-state index is 12.4. The molecule has 0 aliphatic rings. The van der Waals surface area contributed by atoms with Crippen LogP contribution in [0.3, 0.4) is 0 Å². The van der Waals surface area contributed by atoms with Crippen molar-refractivity contribution in [2.45, 2.75) is 270 Å². The summed E-state index contributed by atoms with van der Waals surface area (Å²) in [6, 6.07) is -0.560. The number of hydrogen-bond acceptors (Lipinski definition) is 5. The van der Waals surface area contributed by atoms with E-state index in [1.54, 1.807) is 0 Å². The number of ether oxygens (including phenoxy) is 1. The van der Waals surface area contributed by atoms with E-state index in [0.29, 0.717) is 25.9 Å². The molecule has 2 atom stereocenters. The highest BCUT2D eigenvalue weighted by atomic mass is 16.5. The van der Waals surface area contributed by atoms with Crippen LogP contribution in [-0.2, 0) is 14.3 Å². The molecule has 0 radical (unpaired) electrons. The van der Waals surface area contributed by atoms with Crippen molar-refractivity contribution in [1.82, 2.24) is 5.32 Å². The van der Waals surface area contributed by atoms with Crippen LogP contribution >= 0.6 is 0 Å². The molecular formula is C50H95NO5. The standard InChI is InChI=1S/C50H95NO5/c1-3-5-7-9-11-13-15-16-17-20-24-28-32-36-40-44-50(55)56-45-41-37-33-29-25-21-18-19-23-27-31-35-39-43-49(54)51-47(46-52)48(53)42-38-34-30-26-22-14-12-10-8-6-4-2/h16-17,19,23,47-48,52-53H,3-15,18,20-22,24-46H2,1-2H3,(H,51,54)/b17-16-,23-19-. The fourth-order valence-electron chi connectivity index (χ4n) is 7.39. The average molecular weight is 790 g/mol. The van der Waals surface area contributed by atoms with Gasteiger partial charge >= 0.3 is 5.97 Å². The topological polar surface area (TPSA) is 95.9 Å². The van der Waals surface area contributed by atoms with Gasteiger partial charge in [0.25, 0.3) is 0 Å². The zero-order chi connectivity index (χ0) is 40.8. The molecule has 0 bridgehead atoms. The molecule has 6 heteroatoms. The van der Waals surface area contributed by atoms with Crippen LogP contribution in [-0.4, -0.2) is 47.4 Å². The van der Waals surface area contributed by atoms with E-state index in [2.05, 4.69) is 43.5 Å². The summed E-state index contributed by atoms with van der Waals surface area (Å²) in [5, 5.41) is 23.1. The average Bonchev–Trinajstić information content (AvgIpc) is 3.20. The first-order valence-corrected chi connectivity index (χ1v) is 24.6. The minimum absolute atomic E-state index is 0.0211. The summed E-state index contributed by atoms with van der Waals surface area (Å²) in [6.45, 7) is 4.88. The van der Waals surface area contributed by atoms with Gasteiger partial charge in [0.2, 0.25) is 5.91 Å². The van der Waals surface area contributed by atoms with Crippen LogP contribution in [0.25, 0.3) is 0 Å². The molecule has 56 heavy (non-hydrogen) atoms. The largest absolute Gasteiger partial charge is 0.466 e. The number of esters is 1. The number of unbranched alkanes of at least 4 members (excludes halogenated alkanes) is 30. The molecule has 0 saturated carbocycles. The number of rotatable bonds is 45. The Morgan fingerprint density at radius 1 is 0.482 bits per heavy atom. The highest BCUT2D eigenvalue weighted by Gasteiger charge is 2.20. The molecule has 0 rings (SSSR count). The van der Waals surface area contributed by atoms with Crippen molar-refractivity contribution in [3.63, 3.8) is 0 Å². The summed E-state index contributed by atoms with van der Waals surface area (Å²) in [6.07, 6.45) is 52.8. The summed E-state index contributed by atoms with van der Waals surface area (Å²) in [5.41, 5.74) is 0. The molecule has 0 fully saturated rings. The van der Waals surface area contributed by atoms with Gasteiger partial charge in [-0.05, 0) is 77.0 Å². The number of aliphatic hydroxyl groups excluding tert-OH is 2. The summed E-state index contributed by atoms with van der Waals surface area (Å²) < 4.78 is 5.45. The highest BCUT2D eigenvalue weighted by Crippen LogP contribution is 2.15. The van der Waals surface area contributed by atoms with Crippen molar-refractivity contribution in [3.8, 4) is 0 Å². The molecule has 0 saturated heterocycles. The molecule has 0 aliphatic heterocycles. The molecule has 3 N–H and O–H groups in total. The normalized spacial score (nSPS) is 12.9. The Labute approximate surface area is 348 Å². The molecule has 6 nitrogen and oxygen atoms in total. The molecule has 0 aliphatic carbocycles. The maximum Gasteiger partial charge on any atom is 0.305 e. The van der Waals surface area contributed by atoms with Crippen LogP contribution in [0.5, 0.6) is 0 Å². The van der Waals surface area contributed by atoms with Crippen molar-refractivity contribution in [1.29, 1.82) is 0 Å². The second-order valence-corrected chi connectivity index (χ2v) is 16.8. The number of allylic oxidation sites excluding steroid dienone is 4. The molecule has 2 unspecified atom stereocenters. The SMILES string of the molecule is CCCCCCCC/C=C\CCCCCCCC(=O)OCCCCCCCC/C=C\CCCCCC(=O)NC(CO)C(O)CCCCCCCCCCCCC. The van der Waals surface area contributed by atoms with E-state index in [-0.39, 0.29) is 18.5 Å². The van der Waals surface area contributed by atoms with E-state index in [1.807, 2.05) is 0 Å². The van der Waals surface area contributed by atoms with Gasteiger partial charge in [0.1, 0.15) is 0 Å². The van der Waals surface area contributed by atoms with Crippen molar-refractivity contribution in [2.24, 2.45) is 0 Å². The van der Waals surface area contributed by atoms with Crippen LogP contribution in [0, 0.1) is 0 Å². The van der Waals surface area contributed by atoms with Gasteiger partial charge in [0, 0.05) is 12.8 Å². The van der Waals surface area contributed by atoms with Crippen LogP contribution in [0.2, 0.25) is 0 Å². The quantitative estimate of drug-likeness (QED) is 0.0324. The van der Waals surface area contributed by atoms with Gasteiger partial charge in [-0.2, -0.15) is 0 Å². The van der Waals surface area contributed by atoms with Gasteiger partial charge in [-0.15, -0.1) is 0 Å². The Morgan fingerprint density at radius 2 is 0.839 bits per heavy atom. The Morgan fingerprint density at radius 3 is 1.29 bits per heavy atom. The Balaban J connectivity index is 3.49. The van der Waals surface area contributed by atoms with Gasteiger partial charge in [-0.25, -0.2) is 0 Å². The third kappa shape index (κ3) is 42.0. The van der Waals surface area contributed by atoms with Crippen LogP contribution in [0.15, 0.2) is 24.3 Å². The first kappa shape index (κ1) is 54.3. The summed E-state index contributed by atoms with van der Waals surface area (Å²) in [5.74, 6) is -0.0881. The van der Waals surface area contributed by atoms with Crippen molar-refractivity contribution in [3.05, 3.63) is 24.3 Å². The number of aliphatic hydroxyl groups is 2. The number of nitrogens with one attached hydrogen (secondary N) is 1. The van der Waals surface area contributed by atoms with Gasteiger partial charge < -0.3 is 20.3 Å². The number of carbonyl (C=O) groups is 2. The smallest absolute Gasteiger partial charge is 0.305 e. The summed E-state index contributed by atoms with van der Waals surface area (Å²) >= 11 is 0. The van der Waals surface area contributed by atoms with E-state index in [0.717, 1.165) is 70.6 Å². The predicted octanol–water partition coefficient (Wildman–Crippen LogP) is 14.3. The lowest BCUT2D eigenvalue weighted by Crippen LogP contribution is -2.45. The minimum atomic E-state index is -0.679. The fraction of sp³-hybridized carbons (Fsp3) is 0.880. The Bertz CT molecular complexity index is 874. The predicted molar refractivity (Wildman–Crippen MR) is 241 cm³/mol. The van der Waals surface area contributed by atoms with E-state index in [1.165, 1.54) is 154 Å². The number of carbonyl (C=O) groups excluding carboxylic acids is 2.